The standard InChI is InChI=1S/C30H30N4O5/c1-2-38-25-7-5-6-23(18-25)34-28(31-27-9-4-3-8-26(27)30(34)37)19-32-14-16-33(17-15-32)29(36)21-39-24-12-10-22(20-35)11-13-24/h3-13,18,20H,2,14-17,19,21H2,1H3. The number of amides is 1. The molecule has 0 spiro atoms. The third-order valence-electron chi connectivity index (χ3n) is 6.70. The molecule has 0 unspecified atom stereocenters. The van der Waals surface area contributed by atoms with Crippen molar-refractivity contribution in [1.29, 1.82) is 0 Å². The number of piperazine rings is 1. The molecule has 0 N–H and O–H groups in total. The van der Waals surface area contributed by atoms with E-state index in [2.05, 4.69) is 4.90 Å². The summed E-state index contributed by atoms with van der Waals surface area (Å²) in [5.74, 6) is 1.77. The first-order chi connectivity index (χ1) is 19.1. The first-order valence-corrected chi connectivity index (χ1v) is 13.0. The Bertz CT molecular complexity index is 1520. The van der Waals surface area contributed by atoms with E-state index >= 15 is 0 Å². The minimum absolute atomic E-state index is 0.0671. The first-order valence-electron chi connectivity index (χ1n) is 13.0. The fraction of sp³-hybridized carbons (Fsp3) is 0.267. The molecule has 0 aliphatic carbocycles. The van der Waals surface area contributed by atoms with Crippen LogP contribution in [-0.4, -0.2) is 70.9 Å². The van der Waals surface area contributed by atoms with Gasteiger partial charge >= 0.3 is 0 Å². The summed E-state index contributed by atoms with van der Waals surface area (Å²) in [7, 11) is 0. The van der Waals surface area contributed by atoms with Crippen molar-refractivity contribution in [2.24, 2.45) is 0 Å². The largest absolute Gasteiger partial charge is 0.494 e. The van der Waals surface area contributed by atoms with Crippen LogP contribution >= 0.6 is 0 Å². The number of benzene rings is 3. The van der Waals surface area contributed by atoms with Crippen molar-refractivity contribution in [3.63, 3.8) is 0 Å². The molecule has 2 heterocycles. The van der Waals surface area contributed by atoms with E-state index in [1.54, 1.807) is 39.8 Å². The number of para-hydroxylation sites is 1. The summed E-state index contributed by atoms with van der Waals surface area (Å²) in [4.78, 5) is 46.0. The van der Waals surface area contributed by atoms with Crippen LogP contribution in [0.25, 0.3) is 16.6 Å². The van der Waals surface area contributed by atoms with Crippen LogP contribution in [0.15, 0.2) is 77.6 Å². The molecule has 9 heteroatoms. The van der Waals surface area contributed by atoms with E-state index in [1.165, 1.54) is 0 Å². The number of fused-ring (bicyclic) bond motifs is 1. The SMILES string of the molecule is CCOc1cccc(-n2c(CN3CCN(C(=O)COc4ccc(C=O)cc4)CC3)nc3ccccc3c2=O)c1. The zero-order chi connectivity index (χ0) is 27.2. The third kappa shape index (κ3) is 5.99. The second-order valence-electron chi connectivity index (χ2n) is 9.25. The fourth-order valence-corrected chi connectivity index (χ4v) is 4.66. The Morgan fingerprint density at radius 3 is 2.44 bits per heavy atom. The van der Waals surface area contributed by atoms with Crippen molar-refractivity contribution >= 4 is 23.1 Å². The van der Waals surface area contributed by atoms with Gasteiger partial charge in [-0.2, -0.15) is 0 Å². The highest BCUT2D eigenvalue weighted by atomic mass is 16.5. The van der Waals surface area contributed by atoms with Crippen LogP contribution < -0.4 is 15.0 Å². The molecule has 0 bridgehead atoms. The Balaban J connectivity index is 1.29. The molecule has 5 rings (SSSR count). The Hall–Kier alpha value is -4.50. The highest BCUT2D eigenvalue weighted by molar-refractivity contribution is 5.79. The Morgan fingerprint density at radius 2 is 1.69 bits per heavy atom. The van der Waals surface area contributed by atoms with Crippen molar-refractivity contribution in [2.75, 3.05) is 39.4 Å². The summed E-state index contributed by atoms with van der Waals surface area (Å²) < 4.78 is 12.9. The molecular weight excluding hydrogens is 496 g/mol. The number of carbonyl (C=O) groups excluding carboxylic acids is 2. The van der Waals surface area contributed by atoms with Gasteiger partial charge in [0.05, 0.1) is 29.7 Å². The van der Waals surface area contributed by atoms with Crippen molar-refractivity contribution < 1.29 is 19.1 Å². The summed E-state index contributed by atoms with van der Waals surface area (Å²) in [6, 6.07) is 21.5. The van der Waals surface area contributed by atoms with Gasteiger partial charge in [0.25, 0.3) is 11.5 Å². The van der Waals surface area contributed by atoms with E-state index in [0.29, 0.717) is 78.8 Å². The molecule has 3 aromatic carbocycles. The lowest BCUT2D eigenvalue weighted by atomic mass is 10.2. The Labute approximate surface area is 226 Å². The highest BCUT2D eigenvalue weighted by Crippen LogP contribution is 2.20. The second kappa shape index (κ2) is 11.9. The molecule has 0 atom stereocenters. The van der Waals surface area contributed by atoms with E-state index in [0.717, 1.165) is 6.29 Å². The molecule has 1 aromatic heterocycles. The van der Waals surface area contributed by atoms with Gasteiger partial charge in [-0.25, -0.2) is 4.98 Å². The van der Waals surface area contributed by atoms with E-state index in [4.69, 9.17) is 14.5 Å². The van der Waals surface area contributed by atoms with Gasteiger partial charge in [-0.3, -0.25) is 23.9 Å². The van der Waals surface area contributed by atoms with Crippen LogP contribution in [0.4, 0.5) is 0 Å². The lowest BCUT2D eigenvalue weighted by molar-refractivity contribution is -0.135. The van der Waals surface area contributed by atoms with Crippen LogP contribution in [0.5, 0.6) is 11.5 Å². The van der Waals surface area contributed by atoms with Gasteiger partial charge in [0.1, 0.15) is 23.6 Å². The summed E-state index contributed by atoms with van der Waals surface area (Å²) in [6.07, 6.45) is 0.763. The van der Waals surface area contributed by atoms with E-state index in [1.807, 2.05) is 49.4 Å². The summed E-state index contributed by atoms with van der Waals surface area (Å²) in [6.45, 7) is 5.21. The highest BCUT2D eigenvalue weighted by Gasteiger charge is 2.23. The van der Waals surface area contributed by atoms with Crippen molar-refractivity contribution in [1.82, 2.24) is 19.4 Å². The molecule has 1 aliphatic rings. The maximum atomic E-state index is 13.6. The molecule has 9 nitrogen and oxygen atoms in total. The normalized spacial score (nSPS) is 13.8. The molecule has 1 amide bonds. The summed E-state index contributed by atoms with van der Waals surface area (Å²) in [5, 5.41) is 0.555. The molecule has 39 heavy (non-hydrogen) atoms. The Morgan fingerprint density at radius 1 is 0.923 bits per heavy atom. The van der Waals surface area contributed by atoms with Gasteiger partial charge < -0.3 is 14.4 Å². The minimum Gasteiger partial charge on any atom is -0.494 e. The van der Waals surface area contributed by atoms with Crippen LogP contribution in [0.3, 0.4) is 0 Å². The first kappa shape index (κ1) is 26.1. The number of aldehydes is 1. The van der Waals surface area contributed by atoms with Gasteiger partial charge in [0.2, 0.25) is 0 Å². The third-order valence-corrected chi connectivity index (χ3v) is 6.70. The predicted molar refractivity (Wildman–Crippen MR) is 148 cm³/mol. The van der Waals surface area contributed by atoms with E-state index in [-0.39, 0.29) is 18.1 Å². The van der Waals surface area contributed by atoms with Crippen molar-refractivity contribution in [3.8, 4) is 17.2 Å². The lowest BCUT2D eigenvalue weighted by Crippen LogP contribution is -2.50. The van der Waals surface area contributed by atoms with Crippen molar-refractivity contribution in [3.05, 3.63) is 94.5 Å². The van der Waals surface area contributed by atoms with Crippen molar-refractivity contribution in [2.45, 2.75) is 13.5 Å². The molecular formula is C30H30N4O5. The number of rotatable bonds is 9. The van der Waals surface area contributed by atoms with Gasteiger partial charge in [0.15, 0.2) is 6.61 Å². The molecule has 0 radical (unpaired) electrons. The van der Waals surface area contributed by atoms with Gasteiger partial charge in [-0.05, 0) is 55.5 Å². The number of carbonyl (C=O) groups is 2. The summed E-state index contributed by atoms with van der Waals surface area (Å²) >= 11 is 0. The lowest BCUT2D eigenvalue weighted by Gasteiger charge is -2.34. The summed E-state index contributed by atoms with van der Waals surface area (Å²) in [5.41, 5.74) is 1.78. The minimum atomic E-state index is -0.128. The molecule has 0 saturated carbocycles. The van der Waals surface area contributed by atoms with E-state index in [9.17, 15) is 14.4 Å². The van der Waals surface area contributed by atoms with Gasteiger partial charge in [-0.1, -0.05) is 18.2 Å². The number of aromatic nitrogens is 2. The van der Waals surface area contributed by atoms with Crippen LogP contribution in [0.2, 0.25) is 0 Å². The average Bonchev–Trinajstić information content (AvgIpc) is 2.97. The Kier molecular flexibility index (Phi) is 7.98. The monoisotopic (exact) mass is 526 g/mol. The topological polar surface area (TPSA) is 94.0 Å². The van der Waals surface area contributed by atoms with Gasteiger partial charge in [0, 0.05) is 37.8 Å². The quantitative estimate of drug-likeness (QED) is 0.309. The molecule has 1 aliphatic heterocycles. The smallest absolute Gasteiger partial charge is 0.266 e. The molecule has 1 fully saturated rings. The molecule has 1 saturated heterocycles. The van der Waals surface area contributed by atoms with Gasteiger partial charge in [-0.15, -0.1) is 0 Å². The molecule has 200 valence electrons. The number of ether oxygens (including phenoxy) is 2. The number of hydrogen-bond acceptors (Lipinski definition) is 7. The van der Waals surface area contributed by atoms with Crippen LogP contribution in [0.1, 0.15) is 23.1 Å². The molecule has 4 aromatic rings. The van der Waals surface area contributed by atoms with E-state index < -0.39 is 0 Å². The van der Waals surface area contributed by atoms with Crippen LogP contribution in [0, 0.1) is 0 Å². The zero-order valence-corrected chi connectivity index (χ0v) is 21.8. The fourth-order valence-electron chi connectivity index (χ4n) is 4.66. The number of nitrogens with zero attached hydrogens (tertiary/aromatic N) is 4. The average molecular weight is 527 g/mol. The predicted octanol–water partition coefficient (Wildman–Crippen LogP) is 3.32. The second-order valence-corrected chi connectivity index (χ2v) is 9.25. The maximum absolute atomic E-state index is 13.6. The number of hydrogen-bond donors (Lipinski definition) is 0. The van der Waals surface area contributed by atoms with Crippen LogP contribution in [-0.2, 0) is 11.3 Å². The maximum Gasteiger partial charge on any atom is 0.266 e. The zero-order valence-electron chi connectivity index (χ0n) is 21.8.